The SMILES string of the molecule is CC(C)C[C@H](O)[C@H](O)[C@H](CC1CCCCC1)N(CC(=O)N(C)C)C(=O)[C@@H](CC(=O)N[C@@H](C)c1ccccc1)Cc1nccs1. The van der Waals surface area contributed by atoms with E-state index in [0.29, 0.717) is 12.8 Å². The fourth-order valence-electron chi connectivity index (χ4n) is 6.14. The minimum atomic E-state index is -1.23. The summed E-state index contributed by atoms with van der Waals surface area (Å²) in [7, 11) is 3.27. The quantitative estimate of drug-likeness (QED) is 0.250. The molecule has 0 aliphatic heterocycles. The molecule has 0 spiro atoms. The lowest BCUT2D eigenvalue weighted by molar-refractivity contribution is -0.151. The van der Waals surface area contributed by atoms with Gasteiger partial charge in [-0.15, -0.1) is 11.3 Å². The predicted octanol–water partition coefficient (Wildman–Crippen LogP) is 4.59. The number of benzene rings is 1. The molecule has 0 bridgehead atoms. The van der Waals surface area contributed by atoms with Gasteiger partial charge in [-0.05, 0) is 37.2 Å². The summed E-state index contributed by atoms with van der Waals surface area (Å²) in [4.78, 5) is 48.5. The highest BCUT2D eigenvalue weighted by Crippen LogP contribution is 2.32. The van der Waals surface area contributed by atoms with Gasteiger partial charge in [-0.25, -0.2) is 4.98 Å². The zero-order chi connectivity index (χ0) is 32.2. The van der Waals surface area contributed by atoms with Crippen molar-refractivity contribution in [1.82, 2.24) is 20.1 Å². The monoisotopic (exact) mass is 628 g/mol. The zero-order valence-electron chi connectivity index (χ0n) is 27.0. The molecule has 2 aromatic rings. The molecular formula is C34H52N4O5S. The topological polar surface area (TPSA) is 123 Å². The smallest absolute Gasteiger partial charge is 0.241 e. The molecule has 3 rings (SSSR count). The Bertz CT molecular complexity index is 1150. The first-order valence-corrected chi connectivity index (χ1v) is 16.9. The van der Waals surface area contributed by atoms with Gasteiger partial charge in [0, 0.05) is 38.5 Å². The van der Waals surface area contributed by atoms with E-state index in [2.05, 4.69) is 10.3 Å². The number of aromatic nitrogens is 1. The summed E-state index contributed by atoms with van der Waals surface area (Å²) in [6, 6.07) is 8.61. The van der Waals surface area contributed by atoms with E-state index in [0.717, 1.165) is 42.7 Å². The van der Waals surface area contributed by atoms with Crippen molar-refractivity contribution < 1.29 is 24.6 Å². The average Bonchev–Trinajstić information content (AvgIpc) is 3.51. The summed E-state index contributed by atoms with van der Waals surface area (Å²) >= 11 is 1.41. The van der Waals surface area contributed by atoms with Gasteiger partial charge >= 0.3 is 0 Å². The maximum Gasteiger partial charge on any atom is 0.241 e. The number of thiazole rings is 1. The molecule has 44 heavy (non-hydrogen) atoms. The van der Waals surface area contributed by atoms with Gasteiger partial charge in [-0.1, -0.05) is 76.3 Å². The lowest BCUT2D eigenvalue weighted by atomic mass is 9.81. The molecule has 0 unspecified atom stereocenters. The summed E-state index contributed by atoms with van der Waals surface area (Å²) in [6.45, 7) is 5.61. The van der Waals surface area contributed by atoms with E-state index in [1.807, 2.05) is 56.5 Å². The number of rotatable bonds is 16. The first-order valence-electron chi connectivity index (χ1n) is 16.1. The first-order chi connectivity index (χ1) is 21.0. The number of nitrogens with one attached hydrogen (secondary N) is 1. The van der Waals surface area contributed by atoms with Crippen molar-refractivity contribution in [2.75, 3.05) is 20.6 Å². The number of carbonyl (C=O) groups is 3. The van der Waals surface area contributed by atoms with Gasteiger partial charge in [-0.2, -0.15) is 0 Å². The highest BCUT2D eigenvalue weighted by atomic mass is 32.1. The van der Waals surface area contributed by atoms with Gasteiger partial charge < -0.3 is 25.3 Å². The number of amides is 3. The molecule has 1 aliphatic rings. The second kappa shape index (κ2) is 17.6. The molecule has 1 saturated carbocycles. The molecule has 10 heteroatoms. The molecule has 244 valence electrons. The Hall–Kier alpha value is -2.82. The van der Waals surface area contributed by atoms with Crippen molar-refractivity contribution in [2.45, 2.75) is 103 Å². The van der Waals surface area contributed by atoms with Gasteiger partial charge in [0.25, 0.3) is 0 Å². The van der Waals surface area contributed by atoms with Crippen LogP contribution in [0.2, 0.25) is 0 Å². The van der Waals surface area contributed by atoms with Crippen molar-refractivity contribution >= 4 is 29.1 Å². The molecule has 3 N–H and O–H groups in total. The minimum Gasteiger partial charge on any atom is -0.390 e. The van der Waals surface area contributed by atoms with E-state index in [4.69, 9.17) is 0 Å². The Morgan fingerprint density at radius 3 is 2.32 bits per heavy atom. The summed E-state index contributed by atoms with van der Waals surface area (Å²) in [5.74, 6) is -1.34. The maximum absolute atomic E-state index is 14.6. The standard InChI is InChI=1S/C34H52N4O5S/c1-23(2)18-29(39)33(42)28(19-25-12-8-6-9-13-25)38(22-32(41)37(4)5)34(43)27(21-31-35-16-17-44-31)20-30(40)36-24(3)26-14-10-7-11-15-26/h7,10-11,14-17,23-25,27-29,33,39,42H,6,8-9,12-13,18-22H2,1-5H3,(H,36,40)/t24-,27-,28-,29-,33+/m0/s1. The number of aliphatic hydroxyl groups excluding tert-OH is 2. The van der Waals surface area contributed by atoms with Crippen LogP contribution in [0, 0.1) is 17.8 Å². The van der Waals surface area contributed by atoms with Crippen LogP contribution < -0.4 is 5.32 Å². The maximum atomic E-state index is 14.6. The Morgan fingerprint density at radius 2 is 1.73 bits per heavy atom. The van der Waals surface area contributed by atoms with Crippen molar-refractivity contribution in [3.63, 3.8) is 0 Å². The first kappa shape index (κ1) is 35.7. The van der Waals surface area contributed by atoms with Crippen LogP contribution in [-0.2, 0) is 20.8 Å². The molecule has 0 saturated heterocycles. The lowest BCUT2D eigenvalue weighted by Crippen LogP contribution is -2.56. The van der Waals surface area contributed by atoms with Crippen molar-refractivity contribution in [2.24, 2.45) is 17.8 Å². The third-order valence-electron chi connectivity index (χ3n) is 8.65. The Morgan fingerprint density at radius 1 is 1.05 bits per heavy atom. The fraction of sp³-hybridized carbons (Fsp3) is 0.647. The van der Waals surface area contributed by atoms with Crippen LogP contribution in [-0.4, -0.2) is 81.6 Å². The molecule has 1 aromatic carbocycles. The predicted molar refractivity (Wildman–Crippen MR) is 174 cm³/mol. The zero-order valence-corrected chi connectivity index (χ0v) is 27.8. The van der Waals surface area contributed by atoms with E-state index in [9.17, 15) is 24.6 Å². The number of hydrogen-bond acceptors (Lipinski definition) is 7. The Balaban J connectivity index is 1.95. The number of likely N-dealkylation sites (N-methyl/N-ethyl adjacent to an activating group) is 1. The van der Waals surface area contributed by atoms with Crippen molar-refractivity contribution in [1.29, 1.82) is 0 Å². The summed E-state index contributed by atoms with van der Waals surface area (Å²) in [5, 5.41) is 28.3. The van der Waals surface area contributed by atoms with Gasteiger partial charge in [0.15, 0.2) is 0 Å². The molecule has 1 aliphatic carbocycles. The van der Waals surface area contributed by atoms with Crippen LogP contribution in [0.3, 0.4) is 0 Å². The van der Waals surface area contributed by atoms with E-state index in [-0.39, 0.29) is 55.0 Å². The molecule has 1 fully saturated rings. The van der Waals surface area contributed by atoms with Gasteiger partial charge in [0.05, 0.1) is 29.1 Å². The lowest BCUT2D eigenvalue weighted by Gasteiger charge is -2.41. The molecule has 9 nitrogen and oxygen atoms in total. The van der Waals surface area contributed by atoms with Crippen molar-refractivity contribution in [3.8, 4) is 0 Å². The molecule has 1 heterocycles. The highest BCUT2D eigenvalue weighted by molar-refractivity contribution is 7.09. The van der Waals surface area contributed by atoms with Crippen LogP contribution >= 0.6 is 11.3 Å². The average molecular weight is 629 g/mol. The summed E-state index contributed by atoms with van der Waals surface area (Å²) in [5.41, 5.74) is 0.955. The summed E-state index contributed by atoms with van der Waals surface area (Å²) in [6.07, 6.45) is 5.67. The molecular weight excluding hydrogens is 576 g/mol. The Kier molecular flexibility index (Phi) is 14.3. The van der Waals surface area contributed by atoms with E-state index in [1.54, 1.807) is 20.3 Å². The number of nitrogens with zero attached hydrogens (tertiary/aromatic N) is 3. The third kappa shape index (κ3) is 11.0. The number of hydrogen-bond donors (Lipinski definition) is 3. The number of aliphatic hydroxyl groups is 2. The van der Waals surface area contributed by atoms with Crippen LogP contribution in [0.4, 0.5) is 0 Å². The van der Waals surface area contributed by atoms with Gasteiger partial charge in [0.1, 0.15) is 12.6 Å². The van der Waals surface area contributed by atoms with E-state index >= 15 is 0 Å². The van der Waals surface area contributed by atoms with Crippen LogP contribution in [0.15, 0.2) is 41.9 Å². The highest BCUT2D eigenvalue weighted by Gasteiger charge is 2.40. The minimum absolute atomic E-state index is 0.0942. The third-order valence-corrected chi connectivity index (χ3v) is 9.45. The van der Waals surface area contributed by atoms with Crippen molar-refractivity contribution in [3.05, 3.63) is 52.5 Å². The molecule has 3 amide bonds. The van der Waals surface area contributed by atoms with Crippen LogP contribution in [0.1, 0.15) is 88.8 Å². The Labute approximate surface area is 267 Å². The number of carbonyl (C=O) groups excluding carboxylic acids is 3. The molecule has 0 radical (unpaired) electrons. The van der Waals surface area contributed by atoms with Crippen LogP contribution in [0.5, 0.6) is 0 Å². The second-order valence-corrected chi connectivity index (χ2v) is 14.0. The van der Waals surface area contributed by atoms with Gasteiger partial charge in [0.2, 0.25) is 17.7 Å². The largest absolute Gasteiger partial charge is 0.390 e. The normalized spacial score (nSPS) is 17.4. The van der Waals surface area contributed by atoms with Crippen LogP contribution in [0.25, 0.3) is 0 Å². The van der Waals surface area contributed by atoms with Gasteiger partial charge in [-0.3, -0.25) is 14.4 Å². The molecule has 1 aromatic heterocycles. The fourth-order valence-corrected chi connectivity index (χ4v) is 6.83. The van der Waals surface area contributed by atoms with E-state index < -0.39 is 24.2 Å². The second-order valence-electron chi connectivity index (χ2n) is 13.0. The molecule has 5 atom stereocenters. The summed E-state index contributed by atoms with van der Waals surface area (Å²) < 4.78 is 0. The van der Waals surface area contributed by atoms with E-state index in [1.165, 1.54) is 21.1 Å².